The molecule has 0 aliphatic rings. The number of nitrogens with one attached hydrogen (secondary N) is 1. The summed E-state index contributed by atoms with van der Waals surface area (Å²) in [5, 5.41) is 13.2. The summed E-state index contributed by atoms with van der Waals surface area (Å²) in [5.74, 6) is -0.292. The van der Waals surface area contributed by atoms with Gasteiger partial charge in [0.2, 0.25) is 10.0 Å². The van der Waals surface area contributed by atoms with Gasteiger partial charge in [-0.05, 0) is 18.2 Å². The maximum absolute atomic E-state index is 12.3. The molecule has 6 nitrogen and oxygen atoms in total. The first-order chi connectivity index (χ1) is 11.3. The molecule has 0 saturated carbocycles. The molecule has 9 heteroatoms. The van der Waals surface area contributed by atoms with Gasteiger partial charge in [0.25, 0.3) is 11.6 Å². The fourth-order valence-electron chi connectivity index (χ4n) is 1.78. The van der Waals surface area contributed by atoms with Gasteiger partial charge in [-0.1, -0.05) is 59.1 Å². The highest BCUT2D eigenvalue weighted by Crippen LogP contribution is 2.32. The average Bonchev–Trinajstić information content (AvgIpc) is 2.54. The first kappa shape index (κ1) is 18.3. The summed E-state index contributed by atoms with van der Waals surface area (Å²) in [6.07, 6.45) is -1.29. The quantitative estimate of drug-likeness (QED) is 0.361. The normalized spacial score (nSPS) is 12.3. The number of para-hydroxylation sites is 1. The minimum atomic E-state index is -1.95. The summed E-state index contributed by atoms with van der Waals surface area (Å²) in [6, 6.07) is 13.6. The molecule has 2 rings (SSSR count). The monoisotopic (exact) mass is 388 g/mol. The van der Waals surface area contributed by atoms with Crippen molar-refractivity contribution in [1.29, 1.82) is 0 Å². The van der Waals surface area contributed by atoms with Crippen LogP contribution in [0, 0.1) is 10.1 Å². The van der Waals surface area contributed by atoms with E-state index in [1.165, 1.54) is 18.2 Å². The molecular formula is C15H11Cl3N2O4. The van der Waals surface area contributed by atoms with E-state index in [9.17, 15) is 14.9 Å². The molecule has 126 valence electrons. The molecule has 2 aromatic rings. The van der Waals surface area contributed by atoms with Gasteiger partial charge in [0, 0.05) is 17.7 Å². The van der Waals surface area contributed by atoms with E-state index < -0.39 is 20.9 Å². The van der Waals surface area contributed by atoms with Crippen molar-refractivity contribution in [2.75, 3.05) is 0 Å². The standard InChI is InChI=1S/C15H11Cl3N2O4/c16-15(17,18)14(24-12-7-2-1-3-8-12)19-13(21)10-5-4-6-11(9-10)20(22)23/h1-9,14H,(H,19,21)/t14-/m1/s1. The number of nitrogens with zero attached hydrogens (tertiary/aromatic N) is 1. The van der Waals surface area contributed by atoms with Gasteiger partial charge in [0.1, 0.15) is 5.75 Å². The Morgan fingerprint density at radius 1 is 1.12 bits per heavy atom. The zero-order valence-corrected chi connectivity index (χ0v) is 14.3. The molecule has 0 radical (unpaired) electrons. The van der Waals surface area contributed by atoms with Crippen LogP contribution in [0.25, 0.3) is 0 Å². The van der Waals surface area contributed by atoms with Crippen LogP contribution >= 0.6 is 34.8 Å². The van der Waals surface area contributed by atoms with E-state index in [0.29, 0.717) is 5.75 Å². The lowest BCUT2D eigenvalue weighted by atomic mass is 10.2. The SMILES string of the molecule is O=C(N[C@H](Oc1ccccc1)C(Cl)(Cl)Cl)c1cccc([N+](=O)[O-])c1. The van der Waals surface area contributed by atoms with Crippen molar-refractivity contribution in [2.45, 2.75) is 10.0 Å². The lowest BCUT2D eigenvalue weighted by Crippen LogP contribution is -2.47. The lowest BCUT2D eigenvalue weighted by molar-refractivity contribution is -0.384. The smallest absolute Gasteiger partial charge is 0.270 e. The van der Waals surface area contributed by atoms with Crippen LogP contribution in [0.4, 0.5) is 5.69 Å². The van der Waals surface area contributed by atoms with Crippen LogP contribution in [0.3, 0.4) is 0 Å². The Hall–Kier alpha value is -2.02. The minimum Gasteiger partial charge on any atom is -0.466 e. The van der Waals surface area contributed by atoms with Gasteiger partial charge >= 0.3 is 0 Å². The molecule has 0 aliphatic carbocycles. The zero-order valence-electron chi connectivity index (χ0n) is 12.0. The minimum absolute atomic E-state index is 0.0418. The number of carbonyl (C=O) groups is 1. The van der Waals surface area contributed by atoms with Crippen LogP contribution in [0.1, 0.15) is 10.4 Å². The summed E-state index contributed by atoms with van der Waals surface area (Å²) in [5.41, 5.74) is -0.183. The highest BCUT2D eigenvalue weighted by atomic mass is 35.6. The Balaban J connectivity index is 2.18. The molecular weight excluding hydrogens is 379 g/mol. The first-order valence-corrected chi connectivity index (χ1v) is 7.74. The number of hydrogen-bond donors (Lipinski definition) is 1. The van der Waals surface area contributed by atoms with Crippen molar-refractivity contribution < 1.29 is 14.5 Å². The van der Waals surface area contributed by atoms with Gasteiger partial charge in [-0.15, -0.1) is 0 Å². The van der Waals surface area contributed by atoms with Crippen LogP contribution in [0.15, 0.2) is 54.6 Å². The van der Waals surface area contributed by atoms with E-state index in [1.54, 1.807) is 30.3 Å². The third-order valence-electron chi connectivity index (χ3n) is 2.88. The van der Waals surface area contributed by atoms with Crippen molar-refractivity contribution >= 4 is 46.4 Å². The highest BCUT2D eigenvalue weighted by Gasteiger charge is 2.36. The topological polar surface area (TPSA) is 81.5 Å². The zero-order chi connectivity index (χ0) is 17.7. The second-order valence-electron chi connectivity index (χ2n) is 4.63. The molecule has 1 N–H and O–H groups in total. The number of nitro groups is 1. The number of alkyl halides is 3. The molecule has 0 aliphatic heterocycles. The maximum atomic E-state index is 12.3. The van der Waals surface area contributed by atoms with Crippen molar-refractivity contribution in [1.82, 2.24) is 5.32 Å². The number of nitro benzene ring substituents is 1. The predicted octanol–water partition coefficient (Wildman–Crippen LogP) is 4.10. The number of hydrogen-bond acceptors (Lipinski definition) is 4. The van der Waals surface area contributed by atoms with Gasteiger partial charge < -0.3 is 10.1 Å². The second-order valence-corrected chi connectivity index (χ2v) is 7.00. The third kappa shape index (κ3) is 4.99. The summed E-state index contributed by atoms with van der Waals surface area (Å²) in [4.78, 5) is 22.5. The summed E-state index contributed by atoms with van der Waals surface area (Å²) in [6.45, 7) is 0. The highest BCUT2D eigenvalue weighted by molar-refractivity contribution is 6.68. The number of halogens is 3. The Bertz CT molecular complexity index is 735. The second kappa shape index (κ2) is 7.70. The molecule has 1 amide bonds. The number of non-ortho nitro benzene ring substituents is 1. The summed E-state index contributed by atoms with van der Waals surface area (Å²) in [7, 11) is 0. The van der Waals surface area contributed by atoms with E-state index >= 15 is 0 Å². The molecule has 2 aromatic carbocycles. The van der Waals surface area contributed by atoms with Crippen LogP contribution in [-0.4, -0.2) is 20.9 Å². The Kier molecular flexibility index (Phi) is 5.88. The van der Waals surface area contributed by atoms with E-state index in [2.05, 4.69) is 5.32 Å². The molecule has 0 bridgehead atoms. The molecule has 0 aromatic heterocycles. The van der Waals surface area contributed by atoms with E-state index in [-0.39, 0.29) is 11.3 Å². The third-order valence-corrected chi connectivity index (χ3v) is 3.47. The van der Waals surface area contributed by atoms with Crippen molar-refractivity contribution in [2.24, 2.45) is 0 Å². The van der Waals surface area contributed by atoms with Crippen LogP contribution < -0.4 is 10.1 Å². The number of carbonyl (C=O) groups excluding carboxylic acids is 1. The molecule has 24 heavy (non-hydrogen) atoms. The van der Waals surface area contributed by atoms with Crippen LogP contribution in [-0.2, 0) is 0 Å². The average molecular weight is 390 g/mol. The summed E-state index contributed by atoms with van der Waals surface area (Å²) >= 11 is 17.5. The Labute approximate surface area is 152 Å². The fraction of sp³-hybridized carbons (Fsp3) is 0.133. The number of rotatable bonds is 5. The summed E-state index contributed by atoms with van der Waals surface area (Å²) < 4.78 is 3.53. The van der Waals surface area contributed by atoms with Crippen molar-refractivity contribution in [3.05, 3.63) is 70.3 Å². The molecule has 0 unspecified atom stereocenters. The van der Waals surface area contributed by atoms with Crippen LogP contribution in [0.5, 0.6) is 5.75 Å². The van der Waals surface area contributed by atoms with Gasteiger partial charge in [-0.3, -0.25) is 14.9 Å². The first-order valence-electron chi connectivity index (χ1n) is 6.61. The van der Waals surface area contributed by atoms with Crippen LogP contribution in [0.2, 0.25) is 0 Å². The number of ether oxygens (including phenoxy) is 1. The van der Waals surface area contributed by atoms with Gasteiger partial charge in [0.05, 0.1) is 4.92 Å². The molecule has 0 fully saturated rings. The lowest BCUT2D eigenvalue weighted by Gasteiger charge is -2.26. The van der Waals surface area contributed by atoms with Crippen molar-refractivity contribution in [3.63, 3.8) is 0 Å². The van der Waals surface area contributed by atoms with E-state index in [4.69, 9.17) is 39.5 Å². The maximum Gasteiger partial charge on any atom is 0.270 e. The largest absolute Gasteiger partial charge is 0.466 e. The molecule has 1 atom stereocenters. The predicted molar refractivity (Wildman–Crippen MR) is 91.7 cm³/mol. The molecule has 0 spiro atoms. The van der Waals surface area contributed by atoms with Crippen molar-refractivity contribution in [3.8, 4) is 5.75 Å². The van der Waals surface area contributed by atoms with E-state index in [1.807, 2.05) is 0 Å². The van der Waals surface area contributed by atoms with Gasteiger partial charge in [-0.25, -0.2) is 0 Å². The van der Waals surface area contributed by atoms with Gasteiger partial charge in [0.15, 0.2) is 0 Å². The molecule has 0 saturated heterocycles. The Morgan fingerprint density at radius 3 is 2.38 bits per heavy atom. The number of amides is 1. The van der Waals surface area contributed by atoms with Gasteiger partial charge in [-0.2, -0.15) is 0 Å². The fourth-order valence-corrected chi connectivity index (χ4v) is 2.07. The number of benzene rings is 2. The Morgan fingerprint density at radius 2 is 1.79 bits per heavy atom. The van der Waals surface area contributed by atoms with E-state index in [0.717, 1.165) is 6.07 Å². The molecule has 0 heterocycles.